The van der Waals surface area contributed by atoms with Gasteiger partial charge in [0.1, 0.15) is 29.7 Å². The topological polar surface area (TPSA) is 96.3 Å². The predicted octanol–water partition coefficient (Wildman–Crippen LogP) is 9.48. The van der Waals surface area contributed by atoms with E-state index in [4.69, 9.17) is 21.6 Å². The second kappa shape index (κ2) is 15.1. The Hall–Kier alpha value is -5.62. The number of nitrogens with zero attached hydrogens (tertiary/aromatic N) is 6. The average Bonchev–Trinajstić information content (AvgIpc) is 3.65. The molecular formula is C42H32ClF8N7O2S. The van der Waals surface area contributed by atoms with Crippen molar-refractivity contribution < 1.29 is 44.7 Å². The quantitative estimate of drug-likeness (QED) is 0.108. The Balaban J connectivity index is 1.11. The van der Waals surface area contributed by atoms with Gasteiger partial charge in [0.25, 0.3) is 5.92 Å². The molecule has 3 atom stereocenters. The molecule has 3 aliphatic rings. The van der Waals surface area contributed by atoms with Crippen molar-refractivity contribution in [3.05, 3.63) is 123 Å². The van der Waals surface area contributed by atoms with E-state index in [0.717, 1.165) is 23.9 Å². The lowest BCUT2D eigenvalue weighted by Crippen LogP contribution is -2.46. The molecule has 6 aromatic rings. The number of thiazole rings is 1. The number of benzene rings is 3. The highest BCUT2D eigenvalue weighted by Crippen LogP contribution is 2.68. The summed E-state index contributed by atoms with van der Waals surface area (Å²) in [7, 11) is 0. The van der Waals surface area contributed by atoms with Gasteiger partial charge in [-0.3, -0.25) is 14.3 Å². The number of anilines is 2. The number of hydrogen-bond donors (Lipinski definition) is 1. The Morgan fingerprint density at radius 1 is 0.934 bits per heavy atom. The number of hydrogen-bond acceptors (Lipinski definition) is 8. The lowest BCUT2D eigenvalue weighted by molar-refractivity contribution is -0.142. The fourth-order valence-corrected chi connectivity index (χ4v) is 9.54. The predicted molar refractivity (Wildman–Crippen MR) is 212 cm³/mol. The minimum Gasteiger partial charge on any atom is -0.368 e. The van der Waals surface area contributed by atoms with Crippen molar-refractivity contribution in [3.63, 3.8) is 0 Å². The molecule has 3 aromatic heterocycles. The number of aromatic nitrogens is 4. The monoisotopic (exact) mass is 885 g/mol. The van der Waals surface area contributed by atoms with Crippen molar-refractivity contribution >= 4 is 55.8 Å². The second-order valence-corrected chi connectivity index (χ2v) is 16.8. The van der Waals surface area contributed by atoms with Crippen LogP contribution in [0.1, 0.15) is 63.9 Å². The van der Waals surface area contributed by atoms with E-state index in [0.29, 0.717) is 51.8 Å². The Kier molecular flexibility index (Phi) is 10.1. The van der Waals surface area contributed by atoms with Crippen molar-refractivity contribution in [2.45, 2.75) is 50.4 Å². The summed E-state index contributed by atoms with van der Waals surface area (Å²) in [6.07, 6.45) is -5.57. The van der Waals surface area contributed by atoms with Crippen LogP contribution in [0.3, 0.4) is 0 Å². The summed E-state index contributed by atoms with van der Waals surface area (Å²) in [6, 6.07) is 14.2. The minimum atomic E-state index is -5.07. The number of piperazine rings is 1. The van der Waals surface area contributed by atoms with Gasteiger partial charge in [-0.1, -0.05) is 29.0 Å². The van der Waals surface area contributed by atoms with Gasteiger partial charge in [-0.15, -0.1) is 0 Å². The molecule has 1 N–H and O–H groups in total. The van der Waals surface area contributed by atoms with Crippen LogP contribution in [0.4, 0.5) is 45.9 Å². The largest absolute Gasteiger partial charge is 0.435 e. The number of ketones is 1. The summed E-state index contributed by atoms with van der Waals surface area (Å²) in [5.41, 5.74) is -1.55. The molecule has 0 spiro atoms. The fourth-order valence-electron chi connectivity index (χ4n) is 8.42. The highest BCUT2D eigenvalue weighted by atomic mass is 35.5. The Labute approximate surface area is 351 Å². The Bertz CT molecular complexity index is 2710. The number of pyridine rings is 1. The highest BCUT2D eigenvalue weighted by Gasteiger charge is 2.68. The number of fused-ring (bicyclic) bond motifs is 4. The first-order chi connectivity index (χ1) is 28.9. The van der Waals surface area contributed by atoms with Crippen molar-refractivity contribution in [3.8, 4) is 11.1 Å². The van der Waals surface area contributed by atoms with Gasteiger partial charge in [0, 0.05) is 60.0 Å². The van der Waals surface area contributed by atoms with Crippen LogP contribution < -0.4 is 15.1 Å². The zero-order valence-electron chi connectivity index (χ0n) is 31.8. The lowest BCUT2D eigenvalue weighted by atomic mass is 9.94. The highest BCUT2D eigenvalue weighted by molar-refractivity contribution is 7.22. The number of nitrogens with one attached hydrogen (secondary N) is 1. The maximum Gasteiger partial charge on any atom is 0.435 e. The van der Waals surface area contributed by atoms with E-state index >= 15 is 8.78 Å². The van der Waals surface area contributed by atoms with E-state index < -0.39 is 82.6 Å². The molecule has 61 heavy (non-hydrogen) atoms. The van der Waals surface area contributed by atoms with E-state index in [-0.39, 0.29) is 46.4 Å². The first-order valence-electron chi connectivity index (χ1n) is 19.1. The number of carbonyl (C=O) groups excluding carboxylic acids is 2. The van der Waals surface area contributed by atoms with Crippen LogP contribution in [0.2, 0.25) is 5.02 Å². The molecule has 9 nitrogen and oxygen atoms in total. The number of rotatable bonds is 10. The second-order valence-electron chi connectivity index (χ2n) is 15.4. The number of Topliss-reactive ketones (excluding diaryl/α,β-unsaturated/α-hetero) is 1. The van der Waals surface area contributed by atoms with Gasteiger partial charge in [0.15, 0.2) is 22.3 Å². The fraction of sp³-hybridized carbons (Fsp3) is 0.310. The van der Waals surface area contributed by atoms with Crippen LogP contribution >= 0.6 is 22.9 Å². The van der Waals surface area contributed by atoms with E-state index in [2.05, 4.69) is 20.2 Å². The molecule has 19 heteroatoms. The van der Waals surface area contributed by atoms with Gasteiger partial charge in [0.2, 0.25) is 5.91 Å². The van der Waals surface area contributed by atoms with E-state index in [1.807, 2.05) is 24.3 Å². The number of alkyl halides is 5. The first kappa shape index (κ1) is 40.8. The molecule has 0 bridgehead atoms. The number of halogens is 9. The summed E-state index contributed by atoms with van der Waals surface area (Å²) in [5, 5.41) is 7.34. The van der Waals surface area contributed by atoms with Crippen molar-refractivity contribution in [2.75, 3.05) is 36.0 Å². The van der Waals surface area contributed by atoms with E-state index in [1.165, 1.54) is 30.4 Å². The molecule has 4 heterocycles. The molecule has 2 aliphatic carbocycles. The van der Waals surface area contributed by atoms with Crippen LogP contribution in [0.15, 0.2) is 66.7 Å². The summed E-state index contributed by atoms with van der Waals surface area (Å²) >= 11 is 7.38. The van der Waals surface area contributed by atoms with Gasteiger partial charge in [-0.2, -0.15) is 32.0 Å². The SMILES string of the molecule is CC(=O)c1cc(-c2cc3sc(N4CCN(c5ccc(Cl)cc5)CC4)nc3nc2[C@H](Cc2cc(F)cc(F)c2)NC(=O)Cn2nc(C(F)(F)F)c3c2C(F)(F)[C@@H]2C[C@H]32)ccc1F. The molecule has 2 fully saturated rings. The summed E-state index contributed by atoms with van der Waals surface area (Å²) in [5.74, 6) is -10.4. The van der Waals surface area contributed by atoms with Crippen LogP contribution in [0.25, 0.3) is 21.5 Å². The van der Waals surface area contributed by atoms with E-state index in [1.54, 1.807) is 6.07 Å². The molecule has 1 saturated carbocycles. The van der Waals surface area contributed by atoms with Crippen molar-refractivity contribution in [2.24, 2.45) is 5.92 Å². The van der Waals surface area contributed by atoms with Gasteiger partial charge in [-0.05, 0) is 91.4 Å². The zero-order chi connectivity index (χ0) is 43.1. The molecule has 1 saturated heterocycles. The third-order valence-electron chi connectivity index (χ3n) is 11.3. The third-order valence-corrected chi connectivity index (χ3v) is 12.6. The molecule has 0 radical (unpaired) electrons. The van der Waals surface area contributed by atoms with Gasteiger partial charge in [0.05, 0.1) is 22.0 Å². The maximum atomic E-state index is 15.4. The molecule has 1 aliphatic heterocycles. The minimum absolute atomic E-state index is 0.0302. The maximum absolute atomic E-state index is 15.4. The normalized spacial score (nSPS) is 18.6. The van der Waals surface area contributed by atoms with Crippen LogP contribution in [-0.4, -0.2) is 57.6 Å². The summed E-state index contributed by atoms with van der Waals surface area (Å²) in [4.78, 5) is 40.3. The zero-order valence-corrected chi connectivity index (χ0v) is 33.4. The Morgan fingerprint density at radius 3 is 2.30 bits per heavy atom. The summed E-state index contributed by atoms with van der Waals surface area (Å²) < 4.78 is 118. The molecule has 0 unspecified atom stereocenters. The molecule has 316 valence electrons. The van der Waals surface area contributed by atoms with Crippen LogP contribution in [0, 0.1) is 23.4 Å². The van der Waals surface area contributed by atoms with Crippen molar-refractivity contribution in [1.29, 1.82) is 0 Å². The number of carbonyl (C=O) groups is 2. The first-order valence-corrected chi connectivity index (χ1v) is 20.3. The van der Waals surface area contributed by atoms with Crippen LogP contribution in [-0.2, 0) is 29.9 Å². The molecule has 3 aromatic carbocycles. The smallest absolute Gasteiger partial charge is 0.368 e. The molecular weight excluding hydrogens is 854 g/mol. The van der Waals surface area contributed by atoms with Gasteiger partial charge in [-0.25, -0.2) is 18.2 Å². The Morgan fingerprint density at radius 2 is 1.62 bits per heavy atom. The lowest BCUT2D eigenvalue weighted by Gasteiger charge is -2.35. The van der Waals surface area contributed by atoms with E-state index in [9.17, 15) is 35.9 Å². The third kappa shape index (κ3) is 7.68. The molecule has 9 rings (SSSR count). The van der Waals surface area contributed by atoms with Gasteiger partial charge >= 0.3 is 6.18 Å². The molecule has 1 amide bonds. The van der Waals surface area contributed by atoms with Gasteiger partial charge < -0.3 is 15.1 Å². The summed E-state index contributed by atoms with van der Waals surface area (Å²) in [6.45, 7) is 2.59. The van der Waals surface area contributed by atoms with Crippen LogP contribution in [0.5, 0.6) is 0 Å². The van der Waals surface area contributed by atoms with Crippen molar-refractivity contribution in [1.82, 2.24) is 25.1 Å². The number of amides is 1. The standard InChI is InChI=1S/C42H32ClF8N7O2S/c1-20(59)27-15-22(2-7-31(27)46)28-18-33-39(54-40(61-33)57-10-8-56(9-11-57)26-5-3-23(43)4-6-26)53-36(28)32(14-21-12-24(44)16-25(45)13-21)52-34(60)19-58-38-35(37(55-58)42(49,50)51)29-17-30(29)41(38,47)48/h2-7,12-13,15-16,18,29-30,32H,8-11,14,17,19H2,1H3,(H,52,60)/t29-,30+,32-/m0/s1. The average molecular weight is 886 g/mol.